The van der Waals surface area contributed by atoms with Crippen molar-refractivity contribution >= 4 is 11.6 Å². The Morgan fingerprint density at radius 2 is 2.23 bits per heavy atom. The fourth-order valence-corrected chi connectivity index (χ4v) is 3.57. The summed E-state index contributed by atoms with van der Waals surface area (Å²) in [7, 11) is 0. The molecule has 0 bridgehead atoms. The molecule has 1 amide bonds. The highest BCUT2D eigenvalue weighted by molar-refractivity contribution is 5.98. The zero-order valence-corrected chi connectivity index (χ0v) is 16.1. The highest BCUT2D eigenvalue weighted by Crippen LogP contribution is 2.36. The van der Waals surface area contributed by atoms with Gasteiger partial charge in [-0.1, -0.05) is 26.7 Å². The van der Waals surface area contributed by atoms with Gasteiger partial charge in [-0.05, 0) is 56.7 Å². The highest BCUT2D eigenvalue weighted by atomic mass is 16.5. The molecule has 1 aliphatic carbocycles. The molecular formula is C21H30N2O3. The molecule has 1 N–H and O–H groups in total. The fourth-order valence-electron chi connectivity index (χ4n) is 3.57. The molecule has 0 heterocycles. The minimum absolute atomic E-state index is 0.151. The molecule has 0 aliphatic heterocycles. The monoisotopic (exact) mass is 358 g/mol. The lowest BCUT2D eigenvalue weighted by Crippen LogP contribution is -2.48. The van der Waals surface area contributed by atoms with E-state index in [0.717, 1.165) is 32.1 Å². The average molecular weight is 358 g/mol. The van der Waals surface area contributed by atoms with E-state index < -0.39 is 5.60 Å². The second-order valence-corrected chi connectivity index (χ2v) is 7.10. The summed E-state index contributed by atoms with van der Waals surface area (Å²) in [6.07, 6.45) is 5.55. The maximum atomic E-state index is 13.0. The van der Waals surface area contributed by atoms with Crippen LogP contribution in [-0.2, 0) is 9.53 Å². The first-order chi connectivity index (χ1) is 12.5. The largest absolute Gasteiger partial charge is 0.494 e. The van der Waals surface area contributed by atoms with Gasteiger partial charge < -0.3 is 14.8 Å². The molecule has 0 saturated heterocycles. The first-order valence-corrected chi connectivity index (χ1v) is 9.67. The van der Waals surface area contributed by atoms with E-state index in [1.54, 1.807) is 18.2 Å². The van der Waals surface area contributed by atoms with Gasteiger partial charge in [0.2, 0.25) is 0 Å². The predicted molar refractivity (Wildman–Crippen MR) is 102 cm³/mol. The summed E-state index contributed by atoms with van der Waals surface area (Å²) >= 11 is 0. The van der Waals surface area contributed by atoms with Crippen molar-refractivity contribution in [3.63, 3.8) is 0 Å². The van der Waals surface area contributed by atoms with Crippen LogP contribution in [0.25, 0.3) is 0 Å². The smallest absolute Gasteiger partial charge is 0.256 e. The van der Waals surface area contributed by atoms with Crippen molar-refractivity contribution in [2.75, 3.05) is 18.5 Å². The Bertz CT molecular complexity index is 649. The number of nitrogens with one attached hydrogen (secondary N) is 1. The summed E-state index contributed by atoms with van der Waals surface area (Å²) < 4.78 is 11.6. The standard InChI is InChI=1S/C21H30N2O3/c1-4-6-12-25-18-9-10-19(17(13-18)15-22)23-20(24)21(26-5-2)11-7-8-16(3)14-21/h9-10,13,16H,4-8,11-12,14H2,1-3H3,(H,23,24)/t16-,21-/m0/s1. The summed E-state index contributed by atoms with van der Waals surface area (Å²) in [5.74, 6) is 0.951. The first kappa shape index (κ1) is 20.3. The molecule has 0 radical (unpaired) electrons. The van der Waals surface area contributed by atoms with Crippen LogP contribution < -0.4 is 10.1 Å². The Labute approximate surface area is 156 Å². The van der Waals surface area contributed by atoms with Crippen LogP contribution in [0.2, 0.25) is 0 Å². The maximum absolute atomic E-state index is 13.0. The third-order valence-electron chi connectivity index (χ3n) is 4.92. The lowest BCUT2D eigenvalue weighted by molar-refractivity contribution is -0.147. The number of nitrogens with zero attached hydrogens (tertiary/aromatic N) is 1. The number of carbonyl (C=O) groups is 1. The molecule has 2 rings (SSSR count). The second-order valence-electron chi connectivity index (χ2n) is 7.10. The van der Waals surface area contributed by atoms with Crippen LogP contribution >= 0.6 is 0 Å². The van der Waals surface area contributed by atoms with Gasteiger partial charge in [0, 0.05) is 6.61 Å². The Morgan fingerprint density at radius 3 is 2.88 bits per heavy atom. The lowest BCUT2D eigenvalue weighted by atomic mass is 9.78. The molecule has 26 heavy (non-hydrogen) atoms. The van der Waals surface area contributed by atoms with Gasteiger partial charge in [0.25, 0.3) is 5.91 Å². The van der Waals surface area contributed by atoms with E-state index in [2.05, 4.69) is 25.2 Å². The number of amides is 1. The molecule has 1 aromatic rings. The number of hydrogen-bond acceptors (Lipinski definition) is 4. The second kappa shape index (κ2) is 9.59. The SMILES string of the molecule is CCCCOc1ccc(NC(=O)[C@]2(OCC)CCC[C@H](C)C2)c(C#N)c1. The average Bonchev–Trinajstić information content (AvgIpc) is 2.63. The van der Waals surface area contributed by atoms with E-state index >= 15 is 0 Å². The zero-order valence-electron chi connectivity index (χ0n) is 16.1. The molecule has 1 saturated carbocycles. The number of ether oxygens (including phenoxy) is 2. The molecule has 1 fully saturated rings. The van der Waals surface area contributed by atoms with Crippen LogP contribution in [0.3, 0.4) is 0 Å². The molecule has 142 valence electrons. The molecule has 0 unspecified atom stereocenters. The van der Waals surface area contributed by atoms with Gasteiger partial charge in [0.05, 0.1) is 17.9 Å². The summed E-state index contributed by atoms with van der Waals surface area (Å²) in [6.45, 7) is 7.29. The van der Waals surface area contributed by atoms with Gasteiger partial charge in [0.15, 0.2) is 0 Å². The number of hydrogen-bond donors (Lipinski definition) is 1. The highest BCUT2D eigenvalue weighted by Gasteiger charge is 2.42. The van der Waals surface area contributed by atoms with Crippen molar-refractivity contribution in [1.29, 1.82) is 5.26 Å². The quantitative estimate of drug-likeness (QED) is 0.686. The lowest BCUT2D eigenvalue weighted by Gasteiger charge is -2.38. The van der Waals surface area contributed by atoms with Crippen LogP contribution in [0.4, 0.5) is 5.69 Å². The van der Waals surface area contributed by atoms with Gasteiger partial charge >= 0.3 is 0 Å². The van der Waals surface area contributed by atoms with Crippen molar-refractivity contribution in [3.8, 4) is 11.8 Å². The van der Waals surface area contributed by atoms with Gasteiger partial charge in [-0.25, -0.2) is 0 Å². The van der Waals surface area contributed by atoms with Crippen LogP contribution in [0, 0.1) is 17.2 Å². The number of benzene rings is 1. The fraction of sp³-hybridized carbons (Fsp3) is 0.619. The minimum atomic E-state index is -0.796. The van der Waals surface area contributed by atoms with E-state index in [1.165, 1.54) is 0 Å². The Kier molecular flexibility index (Phi) is 7.47. The maximum Gasteiger partial charge on any atom is 0.256 e. The van der Waals surface area contributed by atoms with Crippen molar-refractivity contribution in [1.82, 2.24) is 0 Å². The molecule has 2 atom stereocenters. The van der Waals surface area contributed by atoms with Crippen molar-refractivity contribution < 1.29 is 14.3 Å². The Morgan fingerprint density at radius 1 is 1.42 bits per heavy atom. The van der Waals surface area contributed by atoms with Gasteiger partial charge in [-0.3, -0.25) is 4.79 Å². The molecular weight excluding hydrogens is 328 g/mol. The van der Waals surface area contributed by atoms with Crippen LogP contribution in [0.1, 0.15) is 64.9 Å². The van der Waals surface area contributed by atoms with Crippen LogP contribution in [-0.4, -0.2) is 24.7 Å². The van der Waals surface area contributed by atoms with Crippen molar-refractivity contribution in [2.45, 2.75) is 64.9 Å². The minimum Gasteiger partial charge on any atom is -0.494 e. The summed E-state index contributed by atoms with van der Waals surface area (Å²) in [4.78, 5) is 13.0. The predicted octanol–water partition coefficient (Wildman–Crippen LogP) is 4.66. The first-order valence-electron chi connectivity index (χ1n) is 9.67. The van der Waals surface area contributed by atoms with Crippen molar-refractivity contribution in [3.05, 3.63) is 23.8 Å². The number of rotatable bonds is 8. The Balaban J connectivity index is 2.15. The van der Waals surface area contributed by atoms with E-state index in [1.807, 2.05) is 6.92 Å². The van der Waals surface area contributed by atoms with E-state index in [4.69, 9.17) is 9.47 Å². The number of anilines is 1. The van der Waals surface area contributed by atoms with Crippen LogP contribution in [0.15, 0.2) is 18.2 Å². The molecule has 0 aromatic heterocycles. The van der Waals surface area contributed by atoms with Crippen LogP contribution in [0.5, 0.6) is 5.75 Å². The number of nitriles is 1. The van der Waals surface area contributed by atoms with Gasteiger partial charge in [-0.15, -0.1) is 0 Å². The summed E-state index contributed by atoms with van der Waals surface area (Å²) in [5, 5.41) is 12.4. The number of carbonyl (C=O) groups excluding carboxylic acids is 1. The third kappa shape index (κ3) is 4.98. The van der Waals surface area contributed by atoms with E-state index in [9.17, 15) is 10.1 Å². The molecule has 5 nitrogen and oxygen atoms in total. The molecule has 1 aliphatic rings. The zero-order chi connectivity index (χ0) is 19.0. The summed E-state index contributed by atoms with van der Waals surface area (Å²) in [5.41, 5.74) is 0.121. The van der Waals surface area contributed by atoms with E-state index in [-0.39, 0.29) is 5.91 Å². The third-order valence-corrected chi connectivity index (χ3v) is 4.92. The number of unbranched alkanes of at least 4 members (excludes halogenated alkanes) is 1. The summed E-state index contributed by atoms with van der Waals surface area (Å²) in [6, 6.07) is 7.37. The topological polar surface area (TPSA) is 71.3 Å². The molecule has 1 aromatic carbocycles. The van der Waals surface area contributed by atoms with Gasteiger partial charge in [-0.2, -0.15) is 5.26 Å². The van der Waals surface area contributed by atoms with E-state index in [0.29, 0.717) is 42.6 Å². The molecule has 0 spiro atoms. The van der Waals surface area contributed by atoms with Crippen molar-refractivity contribution in [2.24, 2.45) is 5.92 Å². The Hall–Kier alpha value is -2.06. The normalized spacial score (nSPS) is 22.5. The molecule has 5 heteroatoms. The van der Waals surface area contributed by atoms with Gasteiger partial charge in [0.1, 0.15) is 17.4 Å².